The molecular formula is C19H30N6O7. The Balaban J connectivity index is 2.82. The molecule has 1 aromatic heterocycles. The van der Waals surface area contributed by atoms with Crippen molar-refractivity contribution in [3.8, 4) is 0 Å². The van der Waals surface area contributed by atoms with E-state index < -0.39 is 60.2 Å². The molecule has 0 saturated heterocycles. The average Bonchev–Trinajstić information content (AvgIpc) is 3.23. The molecule has 0 saturated carbocycles. The van der Waals surface area contributed by atoms with Gasteiger partial charge in [-0.2, -0.15) is 0 Å². The first-order valence-electron chi connectivity index (χ1n) is 10.0. The topological polar surface area (TPSA) is 217 Å². The summed E-state index contributed by atoms with van der Waals surface area (Å²) < 4.78 is 0. The van der Waals surface area contributed by atoms with E-state index >= 15 is 0 Å². The number of nitrogens with one attached hydrogen (secondary N) is 4. The van der Waals surface area contributed by atoms with Gasteiger partial charge in [-0.3, -0.25) is 19.2 Å². The van der Waals surface area contributed by atoms with Gasteiger partial charge in [0, 0.05) is 18.3 Å². The van der Waals surface area contributed by atoms with Crippen LogP contribution in [0.25, 0.3) is 0 Å². The molecule has 13 heteroatoms. The van der Waals surface area contributed by atoms with Crippen molar-refractivity contribution in [1.82, 2.24) is 25.9 Å². The van der Waals surface area contributed by atoms with Crippen LogP contribution in [0.2, 0.25) is 0 Å². The summed E-state index contributed by atoms with van der Waals surface area (Å²) in [5.41, 5.74) is 6.26. The largest absolute Gasteiger partial charge is 0.481 e. The maximum absolute atomic E-state index is 12.6. The summed E-state index contributed by atoms with van der Waals surface area (Å²) in [6, 6.07) is -4.90. The van der Waals surface area contributed by atoms with Gasteiger partial charge in [0.1, 0.15) is 18.1 Å². The smallest absolute Gasteiger partial charge is 0.326 e. The summed E-state index contributed by atoms with van der Waals surface area (Å²) in [7, 11) is 0. The SMILES string of the molecule is CCC(C)C(N)C(=O)NC(C)C(=O)NC(CC(=O)O)C(=O)NC(Cc1cnc[nH]1)C(=O)O. The Kier molecular flexibility index (Phi) is 10.3. The lowest BCUT2D eigenvalue weighted by atomic mass is 9.99. The maximum Gasteiger partial charge on any atom is 0.326 e. The van der Waals surface area contributed by atoms with Crippen molar-refractivity contribution in [3.05, 3.63) is 18.2 Å². The number of carboxylic acids is 2. The van der Waals surface area contributed by atoms with Gasteiger partial charge >= 0.3 is 11.9 Å². The number of carbonyl (C=O) groups is 5. The molecule has 8 N–H and O–H groups in total. The average molecular weight is 454 g/mol. The predicted octanol–water partition coefficient (Wildman–Crippen LogP) is -1.64. The van der Waals surface area contributed by atoms with Gasteiger partial charge < -0.3 is 36.9 Å². The van der Waals surface area contributed by atoms with Crippen molar-refractivity contribution >= 4 is 29.7 Å². The Labute approximate surface area is 184 Å². The quantitative estimate of drug-likeness (QED) is 0.181. The lowest BCUT2D eigenvalue weighted by Gasteiger charge is -2.23. The van der Waals surface area contributed by atoms with E-state index in [-0.39, 0.29) is 12.3 Å². The monoisotopic (exact) mass is 454 g/mol. The van der Waals surface area contributed by atoms with Crippen LogP contribution in [0.15, 0.2) is 12.5 Å². The first-order chi connectivity index (χ1) is 15.0. The summed E-state index contributed by atoms with van der Waals surface area (Å²) in [5.74, 6) is -5.25. The number of imidazole rings is 1. The second-order valence-electron chi connectivity index (χ2n) is 7.48. The first kappa shape index (κ1) is 26.6. The number of carbonyl (C=O) groups excluding carboxylic acids is 3. The highest BCUT2D eigenvalue weighted by atomic mass is 16.4. The molecule has 1 aromatic rings. The highest BCUT2D eigenvalue weighted by Crippen LogP contribution is 2.06. The normalized spacial score (nSPS) is 15.5. The van der Waals surface area contributed by atoms with E-state index in [0.717, 1.165) is 0 Å². The molecule has 178 valence electrons. The number of aromatic amines is 1. The molecule has 1 heterocycles. The minimum atomic E-state index is -1.56. The number of carboxylic acid groups (broad SMARTS) is 2. The molecule has 0 bridgehead atoms. The molecule has 0 fully saturated rings. The fourth-order valence-electron chi connectivity index (χ4n) is 2.66. The van der Waals surface area contributed by atoms with Gasteiger partial charge in [-0.25, -0.2) is 9.78 Å². The highest BCUT2D eigenvalue weighted by molar-refractivity contribution is 5.95. The van der Waals surface area contributed by atoms with Crippen molar-refractivity contribution in [2.24, 2.45) is 11.7 Å². The molecule has 5 unspecified atom stereocenters. The van der Waals surface area contributed by atoms with Crippen LogP contribution in [0, 0.1) is 5.92 Å². The minimum Gasteiger partial charge on any atom is -0.481 e. The number of nitrogens with zero attached hydrogens (tertiary/aromatic N) is 1. The van der Waals surface area contributed by atoms with Crippen molar-refractivity contribution in [2.75, 3.05) is 0 Å². The highest BCUT2D eigenvalue weighted by Gasteiger charge is 2.31. The van der Waals surface area contributed by atoms with Crippen LogP contribution < -0.4 is 21.7 Å². The van der Waals surface area contributed by atoms with E-state index in [1.807, 2.05) is 6.92 Å². The third kappa shape index (κ3) is 8.34. The molecule has 0 aliphatic rings. The van der Waals surface area contributed by atoms with E-state index in [1.165, 1.54) is 19.4 Å². The second kappa shape index (κ2) is 12.4. The molecule has 32 heavy (non-hydrogen) atoms. The Morgan fingerprint density at radius 3 is 2.16 bits per heavy atom. The molecule has 0 spiro atoms. The van der Waals surface area contributed by atoms with Crippen molar-refractivity contribution in [2.45, 2.75) is 64.2 Å². The Bertz CT molecular complexity index is 813. The van der Waals surface area contributed by atoms with Gasteiger partial charge in [0.15, 0.2) is 0 Å². The second-order valence-corrected chi connectivity index (χ2v) is 7.48. The Hall–Kier alpha value is -3.48. The van der Waals surface area contributed by atoms with Gasteiger partial charge in [0.25, 0.3) is 0 Å². The number of nitrogens with two attached hydrogens (primary N) is 1. The van der Waals surface area contributed by atoms with Crippen LogP contribution in [0.5, 0.6) is 0 Å². The molecule has 0 aliphatic carbocycles. The van der Waals surface area contributed by atoms with Crippen LogP contribution in [-0.4, -0.2) is 74.0 Å². The van der Waals surface area contributed by atoms with Crippen LogP contribution >= 0.6 is 0 Å². The number of aliphatic carboxylic acids is 2. The number of hydrogen-bond acceptors (Lipinski definition) is 7. The summed E-state index contributed by atoms with van der Waals surface area (Å²) in [6.45, 7) is 4.99. The van der Waals surface area contributed by atoms with Crippen LogP contribution in [0.1, 0.15) is 39.3 Å². The number of hydrogen-bond donors (Lipinski definition) is 7. The van der Waals surface area contributed by atoms with E-state index in [2.05, 4.69) is 25.9 Å². The van der Waals surface area contributed by atoms with Gasteiger partial charge in [-0.05, 0) is 12.8 Å². The van der Waals surface area contributed by atoms with E-state index in [1.54, 1.807) is 6.92 Å². The maximum atomic E-state index is 12.6. The molecule has 0 aromatic carbocycles. The van der Waals surface area contributed by atoms with Gasteiger partial charge in [0.2, 0.25) is 17.7 Å². The summed E-state index contributed by atoms with van der Waals surface area (Å²) in [4.78, 5) is 66.3. The molecule has 1 rings (SSSR count). The fraction of sp³-hybridized carbons (Fsp3) is 0.579. The molecule has 13 nitrogen and oxygen atoms in total. The van der Waals surface area contributed by atoms with Gasteiger partial charge in [-0.15, -0.1) is 0 Å². The molecule has 3 amide bonds. The van der Waals surface area contributed by atoms with Crippen molar-refractivity contribution in [1.29, 1.82) is 0 Å². The minimum absolute atomic E-state index is 0.126. The zero-order chi connectivity index (χ0) is 24.4. The lowest BCUT2D eigenvalue weighted by molar-refractivity contribution is -0.143. The fourth-order valence-corrected chi connectivity index (χ4v) is 2.66. The third-order valence-corrected chi connectivity index (χ3v) is 4.92. The summed E-state index contributed by atoms with van der Waals surface area (Å²) in [5, 5.41) is 25.3. The van der Waals surface area contributed by atoms with Gasteiger partial charge in [-0.1, -0.05) is 20.3 Å². The summed E-state index contributed by atoms with van der Waals surface area (Å²) >= 11 is 0. The van der Waals surface area contributed by atoms with E-state index in [0.29, 0.717) is 12.1 Å². The predicted molar refractivity (Wildman–Crippen MR) is 111 cm³/mol. The number of rotatable bonds is 13. The van der Waals surface area contributed by atoms with E-state index in [9.17, 15) is 29.1 Å². The lowest BCUT2D eigenvalue weighted by Crippen LogP contribution is -2.57. The van der Waals surface area contributed by atoms with Gasteiger partial charge in [0.05, 0.1) is 18.8 Å². The molecule has 5 atom stereocenters. The third-order valence-electron chi connectivity index (χ3n) is 4.92. The standard InChI is InChI=1S/C19H30N6O7/c1-4-9(2)15(20)18(30)23-10(3)16(28)24-12(6-14(26)27)17(29)25-13(19(31)32)5-11-7-21-8-22-11/h7-10,12-13,15H,4-6,20H2,1-3H3,(H,21,22)(H,23,30)(H,24,28)(H,25,29)(H,26,27)(H,31,32). The Morgan fingerprint density at radius 2 is 1.66 bits per heavy atom. The van der Waals surface area contributed by atoms with Crippen LogP contribution in [-0.2, 0) is 30.4 Å². The number of aromatic nitrogens is 2. The van der Waals surface area contributed by atoms with Crippen LogP contribution in [0.4, 0.5) is 0 Å². The number of H-pyrrole nitrogens is 1. The zero-order valence-corrected chi connectivity index (χ0v) is 18.1. The number of amides is 3. The molecule has 0 aliphatic heterocycles. The first-order valence-corrected chi connectivity index (χ1v) is 10.0. The summed E-state index contributed by atoms with van der Waals surface area (Å²) in [6.07, 6.45) is 2.45. The van der Waals surface area contributed by atoms with E-state index in [4.69, 9.17) is 10.8 Å². The van der Waals surface area contributed by atoms with Crippen molar-refractivity contribution in [3.63, 3.8) is 0 Å². The zero-order valence-electron chi connectivity index (χ0n) is 18.1. The van der Waals surface area contributed by atoms with Crippen molar-refractivity contribution < 1.29 is 34.2 Å². The molecular weight excluding hydrogens is 424 g/mol. The van der Waals surface area contributed by atoms with Crippen LogP contribution in [0.3, 0.4) is 0 Å². The Morgan fingerprint density at radius 1 is 1.03 bits per heavy atom. The molecule has 0 radical (unpaired) electrons.